The maximum absolute atomic E-state index is 12.0. The molecule has 0 aromatic carbocycles. The quantitative estimate of drug-likeness (QED) is 0.725. The SMILES string of the molecule is CC(C)(C)OC(=O)N1CCC(CC(=O)ON2C(=O)CCC2=O)CC1. The third kappa shape index (κ3) is 4.94. The monoisotopic (exact) mass is 340 g/mol. The van der Waals surface area contributed by atoms with E-state index >= 15 is 0 Å². The Bertz CT molecular complexity index is 515. The molecule has 0 radical (unpaired) electrons. The van der Waals surface area contributed by atoms with Crippen LogP contribution in [0.15, 0.2) is 0 Å². The molecule has 8 heteroatoms. The topological polar surface area (TPSA) is 93.2 Å². The summed E-state index contributed by atoms with van der Waals surface area (Å²) in [6, 6.07) is 0. The number of carbonyl (C=O) groups is 4. The lowest BCUT2D eigenvalue weighted by molar-refractivity contribution is -0.198. The van der Waals surface area contributed by atoms with Crippen molar-refractivity contribution in [3.63, 3.8) is 0 Å². The number of hydrogen-bond donors (Lipinski definition) is 0. The largest absolute Gasteiger partial charge is 0.444 e. The Hall–Kier alpha value is -2.12. The molecular formula is C16H24N2O6. The van der Waals surface area contributed by atoms with Crippen molar-refractivity contribution in [2.45, 2.75) is 58.5 Å². The van der Waals surface area contributed by atoms with E-state index in [1.807, 2.05) is 20.8 Å². The van der Waals surface area contributed by atoms with Gasteiger partial charge in [-0.1, -0.05) is 0 Å². The summed E-state index contributed by atoms with van der Waals surface area (Å²) < 4.78 is 5.32. The van der Waals surface area contributed by atoms with Gasteiger partial charge in [0.1, 0.15) is 5.60 Å². The predicted molar refractivity (Wildman–Crippen MR) is 82.3 cm³/mol. The molecule has 24 heavy (non-hydrogen) atoms. The van der Waals surface area contributed by atoms with Crippen molar-refractivity contribution in [1.82, 2.24) is 9.96 Å². The summed E-state index contributed by atoms with van der Waals surface area (Å²) >= 11 is 0. The van der Waals surface area contributed by atoms with Gasteiger partial charge in [0.2, 0.25) is 0 Å². The van der Waals surface area contributed by atoms with E-state index in [0.29, 0.717) is 31.0 Å². The first-order valence-corrected chi connectivity index (χ1v) is 8.20. The van der Waals surface area contributed by atoms with E-state index in [1.165, 1.54) is 0 Å². The van der Waals surface area contributed by atoms with Gasteiger partial charge in [0, 0.05) is 25.9 Å². The molecule has 134 valence electrons. The van der Waals surface area contributed by atoms with E-state index in [9.17, 15) is 19.2 Å². The molecule has 2 aliphatic rings. The normalized spacial score (nSPS) is 19.6. The number of likely N-dealkylation sites (tertiary alicyclic amines) is 1. The van der Waals surface area contributed by atoms with E-state index < -0.39 is 23.4 Å². The summed E-state index contributed by atoms with van der Waals surface area (Å²) in [7, 11) is 0. The second-order valence-electron chi connectivity index (χ2n) is 7.16. The summed E-state index contributed by atoms with van der Waals surface area (Å²) in [5, 5.41) is 0.568. The maximum Gasteiger partial charge on any atom is 0.410 e. The first-order chi connectivity index (χ1) is 11.2. The Kier molecular flexibility index (Phi) is 5.46. The van der Waals surface area contributed by atoms with Crippen molar-refractivity contribution in [2.75, 3.05) is 13.1 Å². The first kappa shape index (κ1) is 18.2. The molecule has 0 aliphatic carbocycles. The Labute approximate surface area is 141 Å². The molecule has 0 bridgehead atoms. The number of nitrogens with zero attached hydrogens (tertiary/aromatic N) is 2. The number of piperidine rings is 1. The van der Waals surface area contributed by atoms with Crippen LogP contribution in [0, 0.1) is 5.92 Å². The molecule has 0 N–H and O–H groups in total. The van der Waals surface area contributed by atoms with Gasteiger partial charge in [0.15, 0.2) is 0 Å². The van der Waals surface area contributed by atoms with Gasteiger partial charge >= 0.3 is 12.1 Å². The standard InChI is InChI=1S/C16H24N2O6/c1-16(2,3)23-15(22)17-8-6-11(7-9-17)10-14(21)24-18-12(19)4-5-13(18)20/h11H,4-10H2,1-3H3. The molecule has 2 rings (SSSR count). The molecule has 0 aromatic heterocycles. The number of hydrogen-bond acceptors (Lipinski definition) is 6. The number of carbonyl (C=O) groups excluding carboxylic acids is 4. The second-order valence-corrected chi connectivity index (χ2v) is 7.16. The highest BCUT2D eigenvalue weighted by molar-refractivity contribution is 6.01. The van der Waals surface area contributed by atoms with Crippen LogP contribution in [-0.4, -0.2) is 52.5 Å². The minimum absolute atomic E-state index is 0.0593. The predicted octanol–water partition coefficient (Wildman–Crippen LogP) is 1.63. The highest BCUT2D eigenvalue weighted by atomic mass is 16.7. The van der Waals surface area contributed by atoms with Crippen LogP contribution in [0.4, 0.5) is 4.79 Å². The molecule has 3 amide bonds. The van der Waals surface area contributed by atoms with Crippen LogP contribution in [0.1, 0.15) is 52.9 Å². The average Bonchev–Trinajstić information content (AvgIpc) is 2.78. The fourth-order valence-corrected chi connectivity index (χ4v) is 2.68. The number of amides is 3. The van der Waals surface area contributed by atoms with Crippen LogP contribution in [0.25, 0.3) is 0 Å². The molecule has 0 aromatic rings. The molecule has 0 saturated carbocycles. The van der Waals surface area contributed by atoms with Crippen LogP contribution in [-0.2, 0) is 24.0 Å². The van der Waals surface area contributed by atoms with Gasteiger partial charge in [-0.15, -0.1) is 5.06 Å². The van der Waals surface area contributed by atoms with Crippen LogP contribution < -0.4 is 0 Å². The second kappa shape index (κ2) is 7.19. The van der Waals surface area contributed by atoms with E-state index in [2.05, 4.69) is 0 Å². The molecule has 8 nitrogen and oxygen atoms in total. The minimum Gasteiger partial charge on any atom is -0.444 e. The fraction of sp³-hybridized carbons (Fsp3) is 0.750. The zero-order valence-corrected chi connectivity index (χ0v) is 14.4. The van der Waals surface area contributed by atoms with E-state index in [1.54, 1.807) is 4.90 Å². The summed E-state index contributed by atoms with van der Waals surface area (Å²) in [4.78, 5) is 53.2. The molecule has 0 unspecified atom stereocenters. The van der Waals surface area contributed by atoms with Gasteiger partial charge in [-0.25, -0.2) is 9.59 Å². The Morgan fingerprint density at radius 1 is 1.08 bits per heavy atom. The minimum atomic E-state index is -0.589. The molecule has 2 heterocycles. The van der Waals surface area contributed by atoms with Crippen LogP contribution in [0.3, 0.4) is 0 Å². The summed E-state index contributed by atoms with van der Waals surface area (Å²) in [6.07, 6.45) is 1.24. The van der Waals surface area contributed by atoms with Gasteiger partial charge in [-0.2, -0.15) is 0 Å². The Morgan fingerprint density at radius 3 is 2.12 bits per heavy atom. The Morgan fingerprint density at radius 2 is 1.62 bits per heavy atom. The zero-order valence-electron chi connectivity index (χ0n) is 14.4. The molecule has 2 fully saturated rings. The van der Waals surface area contributed by atoms with Crippen LogP contribution >= 0.6 is 0 Å². The van der Waals surface area contributed by atoms with Gasteiger partial charge in [0.05, 0.1) is 6.42 Å². The van der Waals surface area contributed by atoms with E-state index in [0.717, 1.165) is 0 Å². The van der Waals surface area contributed by atoms with Crippen molar-refractivity contribution < 1.29 is 28.8 Å². The maximum atomic E-state index is 12.0. The lowest BCUT2D eigenvalue weighted by Gasteiger charge is -2.33. The third-order valence-electron chi connectivity index (χ3n) is 3.92. The lowest BCUT2D eigenvalue weighted by Crippen LogP contribution is -2.42. The van der Waals surface area contributed by atoms with E-state index in [-0.39, 0.29) is 31.3 Å². The first-order valence-electron chi connectivity index (χ1n) is 8.20. The summed E-state index contributed by atoms with van der Waals surface area (Å²) in [5.41, 5.74) is -0.535. The zero-order chi connectivity index (χ0) is 17.9. The van der Waals surface area contributed by atoms with Crippen molar-refractivity contribution in [3.8, 4) is 0 Å². The summed E-state index contributed by atoms with van der Waals surface area (Å²) in [5.74, 6) is -1.49. The van der Waals surface area contributed by atoms with Crippen molar-refractivity contribution in [1.29, 1.82) is 0 Å². The molecular weight excluding hydrogens is 316 g/mol. The van der Waals surface area contributed by atoms with Crippen LogP contribution in [0.5, 0.6) is 0 Å². The van der Waals surface area contributed by atoms with Crippen molar-refractivity contribution in [3.05, 3.63) is 0 Å². The molecule has 0 spiro atoms. The molecule has 2 aliphatic heterocycles. The molecule has 0 atom stereocenters. The van der Waals surface area contributed by atoms with Gasteiger partial charge in [-0.05, 0) is 39.5 Å². The number of rotatable bonds is 3. The number of imide groups is 1. The van der Waals surface area contributed by atoms with Crippen molar-refractivity contribution in [2.24, 2.45) is 5.92 Å². The smallest absolute Gasteiger partial charge is 0.410 e. The third-order valence-corrected chi connectivity index (χ3v) is 3.92. The van der Waals surface area contributed by atoms with Gasteiger partial charge in [0.25, 0.3) is 11.8 Å². The van der Waals surface area contributed by atoms with Gasteiger partial charge in [-0.3, -0.25) is 9.59 Å². The number of hydroxylamine groups is 2. The Balaban J connectivity index is 1.74. The highest BCUT2D eigenvalue weighted by Gasteiger charge is 2.34. The van der Waals surface area contributed by atoms with E-state index in [4.69, 9.17) is 9.57 Å². The fourth-order valence-electron chi connectivity index (χ4n) is 2.68. The average molecular weight is 340 g/mol. The summed E-state index contributed by atoms with van der Waals surface area (Å²) in [6.45, 7) is 6.46. The number of ether oxygens (including phenoxy) is 1. The van der Waals surface area contributed by atoms with Crippen molar-refractivity contribution >= 4 is 23.9 Å². The van der Waals surface area contributed by atoms with Gasteiger partial charge < -0.3 is 14.5 Å². The molecule has 2 saturated heterocycles. The van der Waals surface area contributed by atoms with Crippen LogP contribution in [0.2, 0.25) is 0 Å². The highest BCUT2D eigenvalue weighted by Crippen LogP contribution is 2.23. The lowest BCUT2D eigenvalue weighted by atomic mass is 9.94.